The van der Waals surface area contributed by atoms with E-state index in [0.717, 1.165) is 5.56 Å². The normalized spacial score (nSPS) is 18.9. The van der Waals surface area contributed by atoms with Gasteiger partial charge in [0.15, 0.2) is 6.40 Å². The highest BCUT2D eigenvalue weighted by molar-refractivity contribution is 5.71. The van der Waals surface area contributed by atoms with Gasteiger partial charge in [0.2, 0.25) is 0 Å². The van der Waals surface area contributed by atoms with Crippen LogP contribution >= 0.6 is 0 Å². The molecule has 0 radical (unpaired) electrons. The van der Waals surface area contributed by atoms with Gasteiger partial charge in [0, 0.05) is 5.92 Å². The molecular weight excluding hydrogens is 246 g/mol. The number of nitrogens with zero attached hydrogens (tertiary/aromatic N) is 1. The second kappa shape index (κ2) is 6.22. The van der Waals surface area contributed by atoms with Crippen LogP contribution in [0.5, 0.6) is 5.75 Å². The Morgan fingerprint density at radius 3 is 2.84 bits per heavy atom. The Labute approximate surface area is 111 Å². The zero-order valence-corrected chi connectivity index (χ0v) is 10.8. The fourth-order valence-corrected chi connectivity index (χ4v) is 2.12. The zero-order chi connectivity index (χ0) is 13.7. The molecule has 2 rings (SSSR count). The van der Waals surface area contributed by atoms with E-state index in [2.05, 4.69) is 4.99 Å². The molecule has 0 saturated carbocycles. The minimum Gasteiger partial charge on any atom is -0.508 e. The average molecular weight is 263 g/mol. The third-order valence-electron chi connectivity index (χ3n) is 3.06. The lowest BCUT2D eigenvalue weighted by Gasteiger charge is -2.22. The Balaban J connectivity index is 2.13. The molecule has 0 aromatic heterocycles. The number of hydrogen-bond donors (Lipinski definition) is 1. The van der Waals surface area contributed by atoms with Crippen molar-refractivity contribution in [2.24, 2.45) is 4.99 Å². The van der Waals surface area contributed by atoms with Crippen LogP contribution in [-0.2, 0) is 14.3 Å². The predicted molar refractivity (Wildman–Crippen MR) is 70.3 cm³/mol. The van der Waals surface area contributed by atoms with Gasteiger partial charge in [-0.15, -0.1) is 0 Å². The molecule has 5 heteroatoms. The van der Waals surface area contributed by atoms with Gasteiger partial charge in [0.1, 0.15) is 11.9 Å². The molecule has 1 N–H and O–H groups in total. The molecule has 1 unspecified atom stereocenters. The Morgan fingerprint density at radius 1 is 1.53 bits per heavy atom. The van der Waals surface area contributed by atoms with E-state index in [9.17, 15) is 9.90 Å². The number of carbonyl (C=O) groups is 1. The fraction of sp³-hybridized carbons (Fsp3) is 0.429. The minimum atomic E-state index is -0.254. The molecule has 0 fully saturated rings. The summed E-state index contributed by atoms with van der Waals surface area (Å²) in [6.45, 7) is 2.68. The van der Waals surface area contributed by atoms with Crippen LogP contribution < -0.4 is 0 Å². The van der Waals surface area contributed by atoms with Crippen molar-refractivity contribution in [3.8, 4) is 5.75 Å². The van der Waals surface area contributed by atoms with Crippen molar-refractivity contribution in [2.75, 3.05) is 13.2 Å². The molecule has 19 heavy (non-hydrogen) atoms. The first-order chi connectivity index (χ1) is 9.20. The summed E-state index contributed by atoms with van der Waals surface area (Å²) in [6.07, 6.45) is 1.50. The van der Waals surface area contributed by atoms with Gasteiger partial charge in [-0.3, -0.25) is 9.79 Å². The van der Waals surface area contributed by atoms with Crippen molar-refractivity contribution >= 4 is 12.4 Å². The third-order valence-corrected chi connectivity index (χ3v) is 3.06. The number of benzene rings is 1. The maximum Gasteiger partial charge on any atom is 0.306 e. The fourth-order valence-electron chi connectivity index (χ4n) is 2.12. The molecule has 1 heterocycles. The minimum absolute atomic E-state index is 0.123. The number of aromatic hydroxyl groups is 1. The summed E-state index contributed by atoms with van der Waals surface area (Å²) in [5.74, 6) is -0.180. The van der Waals surface area contributed by atoms with Gasteiger partial charge in [-0.1, -0.05) is 12.1 Å². The number of hydrogen-bond acceptors (Lipinski definition) is 5. The first-order valence-corrected chi connectivity index (χ1v) is 6.29. The van der Waals surface area contributed by atoms with E-state index >= 15 is 0 Å². The summed E-state index contributed by atoms with van der Waals surface area (Å²) in [5.41, 5.74) is 0.932. The molecule has 1 aromatic carbocycles. The van der Waals surface area contributed by atoms with Crippen LogP contribution in [0.25, 0.3) is 0 Å². The largest absolute Gasteiger partial charge is 0.508 e. The van der Waals surface area contributed by atoms with E-state index in [4.69, 9.17) is 9.47 Å². The molecule has 1 aliphatic rings. The van der Waals surface area contributed by atoms with Crippen molar-refractivity contribution in [1.29, 1.82) is 0 Å². The summed E-state index contributed by atoms with van der Waals surface area (Å²) in [4.78, 5) is 15.7. The van der Waals surface area contributed by atoms with Gasteiger partial charge in [0.05, 0.1) is 19.6 Å². The number of aliphatic imine (C=N–C) groups is 1. The molecule has 0 saturated heterocycles. The Kier molecular flexibility index (Phi) is 4.39. The summed E-state index contributed by atoms with van der Waals surface area (Å²) in [6, 6.07) is 6.79. The molecule has 0 aliphatic carbocycles. The van der Waals surface area contributed by atoms with Crippen LogP contribution in [0.15, 0.2) is 29.3 Å². The standard InChI is InChI=1S/C14H17NO4/c1-2-18-14(17)7-12(13-8-15-9-19-13)10-3-5-11(16)6-4-10/h3-6,9,12-13,16H,2,7-8H2,1H3/t12-,13?/m0/s1. The third kappa shape index (κ3) is 3.47. The molecular formula is C14H17NO4. The van der Waals surface area contributed by atoms with E-state index in [1.165, 1.54) is 6.40 Å². The van der Waals surface area contributed by atoms with Crippen molar-refractivity contribution < 1.29 is 19.4 Å². The van der Waals surface area contributed by atoms with Gasteiger partial charge in [-0.2, -0.15) is 0 Å². The van der Waals surface area contributed by atoms with Crippen molar-refractivity contribution in [1.82, 2.24) is 0 Å². The summed E-state index contributed by atoms with van der Waals surface area (Å²) in [7, 11) is 0. The molecule has 5 nitrogen and oxygen atoms in total. The molecule has 0 bridgehead atoms. The zero-order valence-electron chi connectivity index (χ0n) is 10.8. The van der Waals surface area contributed by atoms with Crippen LogP contribution in [0, 0.1) is 0 Å². The average Bonchev–Trinajstić information content (AvgIpc) is 2.91. The summed E-state index contributed by atoms with van der Waals surface area (Å²) < 4.78 is 10.4. The Hall–Kier alpha value is -2.04. The highest BCUT2D eigenvalue weighted by atomic mass is 16.5. The van der Waals surface area contributed by atoms with Crippen LogP contribution in [0.3, 0.4) is 0 Å². The molecule has 1 aromatic rings. The smallest absolute Gasteiger partial charge is 0.306 e. The van der Waals surface area contributed by atoms with Crippen molar-refractivity contribution in [3.63, 3.8) is 0 Å². The first kappa shape index (κ1) is 13.4. The lowest BCUT2D eigenvalue weighted by Crippen LogP contribution is -2.24. The SMILES string of the molecule is CCOC(=O)C[C@@H](c1ccc(O)cc1)C1CN=CO1. The van der Waals surface area contributed by atoms with E-state index in [0.29, 0.717) is 13.2 Å². The second-order valence-electron chi connectivity index (χ2n) is 4.35. The van der Waals surface area contributed by atoms with Crippen molar-refractivity contribution in [2.45, 2.75) is 25.4 Å². The lowest BCUT2D eigenvalue weighted by molar-refractivity contribution is -0.144. The van der Waals surface area contributed by atoms with E-state index < -0.39 is 0 Å². The maximum atomic E-state index is 11.7. The van der Waals surface area contributed by atoms with Gasteiger partial charge < -0.3 is 14.6 Å². The topological polar surface area (TPSA) is 68.1 Å². The van der Waals surface area contributed by atoms with Gasteiger partial charge in [0.25, 0.3) is 0 Å². The number of esters is 1. The molecule has 1 aliphatic heterocycles. The van der Waals surface area contributed by atoms with Crippen LogP contribution in [-0.4, -0.2) is 36.7 Å². The monoisotopic (exact) mass is 263 g/mol. The molecule has 2 atom stereocenters. The van der Waals surface area contributed by atoms with E-state index in [1.54, 1.807) is 31.2 Å². The highest BCUT2D eigenvalue weighted by Crippen LogP contribution is 2.29. The van der Waals surface area contributed by atoms with Crippen LogP contribution in [0.2, 0.25) is 0 Å². The lowest BCUT2D eigenvalue weighted by atomic mass is 9.90. The van der Waals surface area contributed by atoms with E-state index in [1.807, 2.05) is 0 Å². The number of rotatable bonds is 5. The number of ether oxygens (including phenoxy) is 2. The van der Waals surface area contributed by atoms with Crippen LogP contribution in [0.4, 0.5) is 0 Å². The number of phenols is 1. The summed E-state index contributed by atoms with van der Waals surface area (Å²) >= 11 is 0. The number of carbonyl (C=O) groups excluding carboxylic acids is 1. The summed E-state index contributed by atoms with van der Waals surface area (Å²) in [5, 5.41) is 9.32. The van der Waals surface area contributed by atoms with Gasteiger partial charge in [-0.25, -0.2) is 0 Å². The first-order valence-electron chi connectivity index (χ1n) is 6.29. The van der Waals surface area contributed by atoms with Crippen molar-refractivity contribution in [3.05, 3.63) is 29.8 Å². The quantitative estimate of drug-likeness (QED) is 0.823. The van der Waals surface area contributed by atoms with E-state index in [-0.39, 0.29) is 30.2 Å². The second-order valence-corrected chi connectivity index (χ2v) is 4.35. The van der Waals surface area contributed by atoms with Crippen LogP contribution in [0.1, 0.15) is 24.8 Å². The molecule has 0 amide bonds. The number of phenolic OH excluding ortho intramolecular Hbond substituents is 1. The Bertz CT molecular complexity index is 447. The highest BCUT2D eigenvalue weighted by Gasteiger charge is 2.29. The van der Waals surface area contributed by atoms with Gasteiger partial charge >= 0.3 is 5.97 Å². The molecule has 0 spiro atoms. The maximum absolute atomic E-state index is 11.7. The Morgan fingerprint density at radius 2 is 2.26 bits per heavy atom. The predicted octanol–water partition coefficient (Wildman–Crippen LogP) is 1.86. The molecule has 102 valence electrons. The van der Waals surface area contributed by atoms with Gasteiger partial charge in [-0.05, 0) is 24.6 Å².